The number of carboxylic acid groups (broad SMARTS) is 1. The van der Waals surface area contributed by atoms with Crippen molar-refractivity contribution < 1.29 is 34.2 Å². The van der Waals surface area contributed by atoms with Crippen molar-refractivity contribution in [1.29, 1.82) is 0 Å². The number of benzene rings is 1. The second-order valence-electron chi connectivity index (χ2n) is 9.19. The summed E-state index contributed by atoms with van der Waals surface area (Å²) in [6.45, 7) is 2.84. The highest BCUT2D eigenvalue weighted by atomic mass is 16.4. The van der Waals surface area contributed by atoms with Crippen LogP contribution in [0.1, 0.15) is 38.7 Å². The molecular weight excluding hydrogens is 496 g/mol. The van der Waals surface area contributed by atoms with Crippen molar-refractivity contribution in [3.05, 3.63) is 36.0 Å². The molecule has 1 heterocycles. The fraction of sp³-hybridized carbons (Fsp3) is 0.480. The average Bonchev–Trinajstić information content (AvgIpc) is 3.30. The van der Waals surface area contributed by atoms with Gasteiger partial charge >= 0.3 is 5.97 Å². The zero-order valence-electron chi connectivity index (χ0n) is 21.4. The van der Waals surface area contributed by atoms with Gasteiger partial charge in [-0.1, -0.05) is 38.5 Å². The number of amides is 4. The zero-order valence-corrected chi connectivity index (χ0v) is 21.4. The number of aromatic amines is 1. The summed E-state index contributed by atoms with van der Waals surface area (Å²) >= 11 is 0. The van der Waals surface area contributed by atoms with Gasteiger partial charge in [0.15, 0.2) is 0 Å². The first-order valence-corrected chi connectivity index (χ1v) is 12.3. The first-order chi connectivity index (χ1) is 18.0. The second-order valence-corrected chi connectivity index (χ2v) is 9.19. The smallest absolute Gasteiger partial charge is 0.326 e. The number of carbonyl (C=O) groups is 5. The number of aromatic nitrogens is 1. The molecule has 0 spiro atoms. The van der Waals surface area contributed by atoms with E-state index in [1.54, 1.807) is 20.0 Å². The van der Waals surface area contributed by atoms with E-state index in [2.05, 4.69) is 20.9 Å². The minimum atomic E-state index is -1.30. The van der Waals surface area contributed by atoms with Crippen molar-refractivity contribution in [2.75, 3.05) is 6.61 Å². The number of nitrogens with two attached hydrogens (primary N) is 2. The van der Waals surface area contributed by atoms with Crippen molar-refractivity contribution in [2.45, 2.75) is 63.7 Å². The molecule has 2 aromatic rings. The third-order valence-corrected chi connectivity index (χ3v) is 6.35. The number of para-hydroxylation sites is 1. The maximum Gasteiger partial charge on any atom is 0.326 e. The van der Waals surface area contributed by atoms with Gasteiger partial charge in [0.25, 0.3) is 0 Å². The highest BCUT2D eigenvalue weighted by Crippen LogP contribution is 2.19. The summed E-state index contributed by atoms with van der Waals surface area (Å²) in [6, 6.07) is 2.37. The van der Waals surface area contributed by atoms with E-state index in [1.807, 2.05) is 24.3 Å². The molecule has 38 heavy (non-hydrogen) atoms. The van der Waals surface area contributed by atoms with E-state index in [-0.39, 0.29) is 19.3 Å². The van der Waals surface area contributed by atoms with E-state index in [4.69, 9.17) is 16.6 Å². The summed E-state index contributed by atoms with van der Waals surface area (Å²) in [4.78, 5) is 64.8. The van der Waals surface area contributed by atoms with Crippen LogP contribution in [0.2, 0.25) is 0 Å². The number of aliphatic hydroxyl groups is 1. The number of fused-ring (bicyclic) bond motifs is 1. The van der Waals surface area contributed by atoms with Crippen LogP contribution in [-0.2, 0) is 30.4 Å². The quantitative estimate of drug-likeness (QED) is 0.140. The largest absolute Gasteiger partial charge is 0.480 e. The Hall–Kier alpha value is -3.97. The minimum absolute atomic E-state index is 0.00258. The number of aliphatic carboxylic acids is 1. The van der Waals surface area contributed by atoms with Crippen molar-refractivity contribution in [2.24, 2.45) is 17.4 Å². The van der Waals surface area contributed by atoms with Crippen molar-refractivity contribution in [3.63, 3.8) is 0 Å². The number of nitrogens with one attached hydrogen (secondary N) is 4. The van der Waals surface area contributed by atoms with Gasteiger partial charge < -0.3 is 42.6 Å². The van der Waals surface area contributed by atoms with Crippen LogP contribution in [-0.4, -0.2) is 75.6 Å². The number of hydrogen-bond donors (Lipinski definition) is 8. The maximum atomic E-state index is 13.2. The van der Waals surface area contributed by atoms with Crippen LogP contribution in [0.3, 0.4) is 0 Å². The molecule has 13 heteroatoms. The van der Waals surface area contributed by atoms with E-state index in [1.165, 1.54) is 0 Å². The van der Waals surface area contributed by atoms with Crippen LogP contribution in [0.4, 0.5) is 0 Å². The van der Waals surface area contributed by atoms with Gasteiger partial charge in [-0.15, -0.1) is 0 Å². The Kier molecular flexibility index (Phi) is 11.2. The molecule has 0 aliphatic heterocycles. The van der Waals surface area contributed by atoms with Gasteiger partial charge in [0, 0.05) is 29.9 Å². The number of carbonyl (C=O) groups excluding carboxylic acids is 4. The number of primary amides is 1. The summed E-state index contributed by atoms with van der Waals surface area (Å²) < 4.78 is 0. The molecule has 0 aliphatic carbocycles. The maximum absolute atomic E-state index is 13.2. The van der Waals surface area contributed by atoms with Crippen LogP contribution < -0.4 is 27.4 Å². The van der Waals surface area contributed by atoms with E-state index in [9.17, 15) is 29.1 Å². The second kappa shape index (κ2) is 14.1. The van der Waals surface area contributed by atoms with Crippen LogP contribution in [0.15, 0.2) is 30.5 Å². The molecule has 2 rings (SSSR count). The van der Waals surface area contributed by atoms with Crippen LogP contribution in [0.5, 0.6) is 0 Å². The summed E-state index contributed by atoms with van der Waals surface area (Å²) in [7, 11) is 0. The lowest BCUT2D eigenvalue weighted by Crippen LogP contribution is -2.59. The Morgan fingerprint density at radius 2 is 1.66 bits per heavy atom. The minimum Gasteiger partial charge on any atom is -0.480 e. The fourth-order valence-electron chi connectivity index (χ4n) is 3.85. The highest BCUT2D eigenvalue weighted by Gasteiger charge is 2.33. The molecule has 4 amide bonds. The lowest BCUT2D eigenvalue weighted by atomic mass is 9.96. The van der Waals surface area contributed by atoms with Crippen LogP contribution in [0.25, 0.3) is 10.9 Å². The standard InChI is InChI=1S/C25H36N6O7/c1-3-13(2)21(31-23(35)18(8-9-20(27)33)29-22(34)16(26)12-32)24(36)30-19(25(37)38)10-14-11-28-17-7-5-4-6-15(14)17/h4-7,11,13,16,18-19,21,28,32H,3,8-10,12,26H2,1-2H3,(H2,27,33)(H,29,34)(H,30,36)(H,31,35)(H,37,38). The summed E-state index contributed by atoms with van der Waals surface area (Å²) in [5.41, 5.74) is 12.2. The Balaban J connectivity index is 2.21. The molecule has 0 bridgehead atoms. The Morgan fingerprint density at radius 1 is 1.00 bits per heavy atom. The van der Waals surface area contributed by atoms with Gasteiger partial charge in [-0.2, -0.15) is 0 Å². The molecule has 208 valence electrons. The summed E-state index contributed by atoms with van der Waals surface area (Å²) in [5.74, 6) is -4.69. The van der Waals surface area contributed by atoms with Gasteiger partial charge in [-0.25, -0.2) is 4.79 Å². The Labute approximate surface area is 219 Å². The molecule has 13 nitrogen and oxygen atoms in total. The van der Waals surface area contributed by atoms with Crippen molar-refractivity contribution in [3.8, 4) is 0 Å². The average molecular weight is 533 g/mol. The SMILES string of the molecule is CCC(C)C(NC(=O)C(CCC(N)=O)NC(=O)C(N)CO)C(=O)NC(Cc1c[nH]c2ccccc12)C(=O)O. The molecule has 10 N–H and O–H groups in total. The highest BCUT2D eigenvalue weighted by molar-refractivity contribution is 5.94. The molecule has 5 unspecified atom stereocenters. The summed E-state index contributed by atoms with van der Waals surface area (Å²) in [6.07, 6.45) is 1.75. The molecule has 0 saturated carbocycles. The molecule has 1 aromatic heterocycles. The van der Waals surface area contributed by atoms with Crippen LogP contribution >= 0.6 is 0 Å². The third-order valence-electron chi connectivity index (χ3n) is 6.35. The summed E-state index contributed by atoms with van der Waals surface area (Å²) in [5, 5.41) is 27.2. The fourth-order valence-corrected chi connectivity index (χ4v) is 3.85. The molecule has 5 atom stereocenters. The van der Waals surface area contributed by atoms with Gasteiger partial charge in [0.1, 0.15) is 24.2 Å². The third kappa shape index (κ3) is 8.28. The van der Waals surface area contributed by atoms with Gasteiger partial charge in [0.05, 0.1) is 6.61 Å². The van der Waals surface area contributed by atoms with Gasteiger partial charge in [0.2, 0.25) is 23.6 Å². The first kappa shape index (κ1) is 30.3. The van der Waals surface area contributed by atoms with E-state index >= 15 is 0 Å². The molecule has 0 saturated heterocycles. The predicted molar refractivity (Wildman–Crippen MR) is 138 cm³/mol. The van der Waals surface area contributed by atoms with E-state index < -0.39 is 66.3 Å². The monoisotopic (exact) mass is 532 g/mol. The topological polar surface area (TPSA) is 230 Å². The molecular formula is C25H36N6O7. The van der Waals surface area contributed by atoms with Crippen LogP contribution in [0, 0.1) is 5.92 Å². The molecule has 0 radical (unpaired) electrons. The van der Waals surface area contributed by atoms with Gasteiger partial charge in [-0.05, 0) is 24.0 Å². The number of carboxylic acids is 1. The van der Waals surface area contributed by atoms with Crippen molar-refractivity contribution in [1.82, 2.24) is 20.9 Å². The normalized spacial score (nSPS) is 15.1. The van der Waals surface area contributed by atoms with E-state index in [0.717, 1.165) is 10.9 Å². The zero-order chi connectivity index (χ0) is 28.4. The lowest BCUT2D eigenvalue weighted by Gasteiger charge is -2.28. The number of H-pyrrole nitrogens is 1. The first-order valence-electron chi connectivity index (χ1n) is 12.3. The predicted octanol–water partition coefficient (Wildman–Crippen LogP) is -1.12. The lowest BCUT2D eigenvalue weighted by molar-refractivity contribution is -0.142. The van der Waals surface area contributed by atoms with Crippen molar-refractivity contribution >= 4 is 40.5 Å². The molecule has 0 fully saturated rings. The number of hydrogen-bond acceptors (Lipinski definition) is 7. The number of aliphatic hydroxyl groups excluding tert-OH is 1. The molecule has 1 aromatic carbocycles. The Morgan fingerprint density at radius 3 is 2.26 bits per heavy atom. The van der Waals surface area contributed by atoms with Gasteiger partial charge in [-0.3, -0.25) is 19.2 Å². The molecule has 0 aliphatic rings. The van der Waals surface area contributed by atoms with E-state index in [0.29, 0.717) is 12.0 Å². The number of rotatable bonds is 15. The Bertz CT molecular complexity index is 1150.